The van der Waals surface area contributed by atoms with Crippen molar-refractivity contribution in [1.29, 1.82) is 0 Å². The van der Waals surface area contributed by atoms with E-state index in [1.165, 1.54) is 7.11 Å². The lowest BCUT2D eigenvalue weighted by Crippen LogP contribution is -2.72. The van der Waals surface area contributed by atoms with Gasteiger partial charge in [0.2, 0.25) is 0 Å². The van der Waals surface area contributed by atoms with E-state index < -0.39 is 11.3 Å². The minimum atomic E-state index is -1.51. The van der Waals surface area contributed by atoms with E-state index in [4.69, 9.17) is 4.74 Å². The third-order valence-corrected chi connectivity index (χ3v) is 6.98. The number of carbonyl (C=O) groups excluding carboxylic acids is 1. The molecule has 27 heavy (non-hydrogen) atoms. The molecular weight excluding hydrogens is 344 g/mol. The average Bonchev–Trinajstić information content (AvgIpc) is 2.80. The molecule has 4 aliphatic rings. The van der Waals surface area contributed by atoms with E-state index in [0.717, 1.165) is 16.8 Å². The Labute approximate surface area is 158 Å². The Kier molecular flexibility index (Phi) is 3.42. The third kappa shape index (κ3) is 1.88. The molecule has 2 N–H and O–H groups in total. The molecule has 1 aromatic carbocycles. The van der Waals surface area contributed by atoms with Gasteiger partial charge in [0.1, 0.15) is 5.60 Å². The van der Waals surface area contributed by atoms with Gasteiger partial charge in [-0.3, -0.25) is 4.90 Å². The fraction of sp³-hybridized carbons (Fsp3) is 0.476. The molecule has 142 valence electrons. The Morgan fingerprint density at radius 3 is 2.85 bits per heavy atom. The quantitative estimate of drug-likeness (QED) is 0.578. The summed E-state index contributed by atoms with van der Waals surface area (Å²) in [5.74, 6) is -0.504. The van der Waals surface area contributed by atoms with Crippen molar-refractivity contribution in [2.45, 2.75) is 37.1 Å². The minimum Gasteiger partial charge on any atom is -0.466 e. The number of piperidine rings is 2. The fourth-order valence-electron chi connectivity index (χ4n) is 5.64. The number of allylic oxidation sites excluding steroid dienone is 1. The predicted molar refractivity (Wildman–Crippen MR) is 99.7 cm³/mol. The number of ether oxygens (including phenoxy) is 1. The van der Waals surface area contributed by atoms with Crippen LogP contribution in [0.1, 0.15) is 25.3 Å². The lowest BCUT2D eigenvalue weighted by Gasteiger charge is -2.56. The first-order valence-electron chi connectivity index (χ1n) is 9.48. The Bertz CT molecular complexity index is 894. The van der Waals surface area contributed by atoms with Gasteiger partial charge in [0, 0.05) is 36.5 Å². The molecule has 0 aromatic heterocycles. The molecule has 0 spiro atoms. The second kappa shape index (κ2) is 5.44. The molecule has 2 fully saturated rings. The standard InChI is InChI=1S/C21H24N2O4/c1-3-13-11-22-9-8-20(25)16-6-4-5-7-17(16)23-12-15(19(24)27-2)14(13)10-18(22)21(20,23)26/h3-7,12,14,18,25-26H,8-11H2,1-2H3. The molecule has 0 aliphatic carbocycles. The average molecular weight is 368 g/mol. The summed E-state index contributed by atoms with van der Waals surface area (Å²) in [6.45, 7) is 3.37. The van der Waals surface area contributed by atoms with Crippen LogP contribution in [-0.2, 0) is 15.1 Å². The van der Waals surface area contributed by atoms with Crippen molar-refractivity contribution < 1.29 is 19.7 Å². The van der Waals surface area contributed by atoms with Gasteiger partial charge in [-0.05, 0) is 25.8 Å². The van der Waals surface area contributed by atoms with Crippen molar-refractivity contribution in [2.24, 2.45) is 5.92 Å². The van der Waals surface area contributed by atoms with Crippen molar-refractivity contribution in [3.8, 4) is 0 Å². The van der Waals surface area contributed by atoms with Gasteiger partial charge in [0.05, 0.1) is 18.7 Å². The first kappa shape index (κ1) is 17.0. The zero-order valence-corrected chi connectivity index (χ0v) is 15.6. The van der Waals surface area contributed by atoms with Gasteiger partial charge in [0.15, 0.2) is 5.72 Å². The summed E-state index contributed by atoms with van der Waals surface area (Å²) in [5, 5.41) is 23.7. The number of fused-ring (bicyclic) bond motifs is 4. The van der Waals surface area contributed by atoms with Crippen LogP contribution in [0.4, 0.5) is 5.69 Å². The number of esters is 1. The molecule has 0 amide bonds. The Morgan fingerprint density at radius 2 is 2.11 bits per heavy atom. The molecule has 4 heterocycles. The summed E-state index contributed by atoms with van der Waals surface area (Å²) in [4.78, 5) is 16.6. The van der Waals surface area contributed by atoms with E-state index in [0.29, 0.717) is 31.5 Å². The topological polar surface area (TPSA) is 73.2 Å². The van der Waals surface area contributed by atoms with Crippen LogP contribution >= 0.6 is 0 Å². The van der Waals surface area contributed by atoms with Crippen LogP contribution in [0.15, 0.2) is 47.7 Å². The molecule has 1 aromatic rings. The van der Waals surface area contributed by atoms with Gasteiger partial charge < -0.3 is 19.8 Å². The maximum absolute atomic E-state index is 12.6. The number of carbonyl (C=O) groups is 1. The molecule has 4 unspecified atom stereocenters. The number of para-hydroxylation sites is 1. The molecule has 0 radical (unpaired) electrons. The highest BCUT2D eigenvalue weighted by Crippen LogP contribution is 2.59. The molecule has 5 rings (SSSR count). The van der Waals surface area contributed by atoms with Crippen molar-refractivity contribution in [3.63, 3.8) is 0 Å². The summed E-state index contributed by atoms with van der Waals surface area (Å²) >= 11 is 0. The van der Waals surface area contributed by atoms with Crippen LogP contribution in [0.3, 0.4) is 0 Å². The van der Waals surface area contributed by atoms with E-state index in [2.05, 4.69) is 11.0 Å². The largest absolute Gasteiger partial charge is 0.466 e. The molecular formula is C21H24N2O4. The molecule has 6 nitrogen and oxygen atoms in total. The van der Waals surface area contributed by atoms with Crippen LogP contribution in [0.25, 0.3) is 0 Å². The van der Waals surface area contributed by atoms with Gasteiger partial charge in [-0.25, -0.2) is 4.79 Å². The summed E-state index contributed by atoms with van der Waals surface area (Å²) in [7, 11) is 1.38. The summed E-state index contributed by atoms with van der Waals surface area (Å²) in [6, 6.07) is 7.26. The molecule has 0 saturated carbocycles. The van der Waals surface area contributed by atoms with Gasteiger partial charge in [0.25, 0.3) is 0 Å². The third-order valence-electron chi connectivity index (χ3n) is 6.98. The molecule has 2 bridgehead atoms. The molecule has 2 saturated heterocycles. The SMILES string of the molecule is CC=C1CN2CCC3(O)c4ccccc4N4C=C(C(=O)OC)C1CC2C43O. The number of aliphatic hydroxyl groups is 2. The Hall–Kier alpha value is -2.15. The lowest BCUT2D eigenvalue weighted by atomic mass is 9.70. The van der Waals surface area contributed by atoms with Crippen molar-refractivity contribution in [2.75, 3.05) is 25.1 Å². The van der Waals surface area contributed by atoms with E-state index in [-0.39, 0.29) is 17.9 Å². The minimum absolute atomic E-state index is 0.118. The van der Waals surface area contributed by atoms with Crippen LogP contribution in [-0.4, -0.2) is 53.0 Å². The fourth-order valence-corrected chi connectivity index (χ4v) is 5.64. The van der Waals surface area contributed by atoms with E-state index in [9.17, 15) is 15.0 Å². The molecule has 6 heteroatoms. The van der Waals surface area contributed by atoms with Crippen LogP contribution in [0.2, 0.25) is 0 Å². The number of anilines is 1. The summed E-state index contributed by atoms with van der Waals surface area (Å²) in [6.07, 6.45) is 4.79. The lowest BCUT2D eigenvalue weighted by molar-refractivity contribution is -0.214. The van der Waals surface area contributed by atoms with E-state index in [1.54, 1.807) is 11.1 Å². The van der Waals surface area contributed by atoms with E-state index >= 15 is 0 Å². The Balaban J connectivity index is 1.80. The van der Waals surface area contributed by atoms with Crippen molar-refractivity contribution in [1.82, 2.24) is 4.90 Å². The highest BCUT2D eigenvalue weighted by atomic mass is 16.5. The Morgan fingerprint density at radius 1 is 1.33 bits per heavy atom. The molecule has 4 aliphatic heterocycles. The monoisotopic (exact) mass is 368 g/mol. The van der Waals surface area contributed by atoms with Gasteiger partial charge in [-0.1, -0.05) is 29.8 Å². The highest BCUT2D eigenvalue weighted by molar-refractivity contribution is 5.91. The number of nitrogens with zero attached hydrogens (tertiary/aromatic N) is 2. The van der Waals surface area contributed by atoms with E-state index in [1.807, 2.05) is 31.2 Å². The second-order valence-corrected chi connectivity index (χ2v) is 7.94. The first-order valence-corrected chi connectivity index (χ1v) is 9.48. The zero-order valence-electron chi connectivity index (χ0n) is 15.6. The predicted octanol–water partition coefficient (Wildman–Crippen LogP) is 1.49. The number of hydrogen-bond donors (Lipinski definition) is 2. The van der Waals surface area contributed by atoms with Crippen LogP contribution < -0.4 is 4.90 Å². The first-order chi connectivity index (χ1) is 13.0. The van der Waals surface area contributed by atoms with Crippen LogP contribution in [0, 0.1) is 5.92 Å². The number of rotatable bonds is 1. The van der Waals surface area contributed by atoms with Gasteiger partial charge >= 0.3 is 5.97 Å². The van der Waals surface area contributed by atoms with Crippen molar-refractivity contribution >= 4 is 11.7 Å². The van der Waals surface area contributed by atoms with Gasteiger partial charge in [-0.15, -0.1) is 0 Å². The maximum Gasteiger partial charge on any atom is 0.335 e. The number of hydrogen-bond acceptors (Lipinski definition) is 6. The smallest absolute Gasteiger partial charge is 0.335 e. The second-order valence-electron chi connectivity index (χ2n) is 7.94. The number of methoxy groups -OCH3 is 1. The van der Waals surface area contributed by atoms with Gasteiger partial charge in [-0.2, -0.15) is 0 Å². The molecule has 4 atom stereocenters. The summed E-state index contributed by atoms with van der Waals surface area (Å²) in [5.41, 5.74) is 0.286. The maximum atomic E-state index is 12.6. The highest BCUT2D eigenvalue weighted by Gasteiger charge is 2.69. The summed E-state index contributed by atoms with van der Waals surface area (Å²) < 4.78 is 5.07. The normalized spacial score (nSPS) is 38.3. The van der Waals surface area contributed by atoms with Crippen LogP contribution in [0.5, 0.6) is 0 Å². The number of benzene rings is 1. The van der Waals surface area contributed by atoms with Crippen molar-refractivity contribution in [3.05, 3.63) is 53.3 Å². The zero-order chi connectivity index (χ0) is 19.0.